The molecule has 0 aliphatic rings. The maximum absolute atomic E-state index is 12.4. The summed E-state index contributed by atoms with van der Waals surface area (Å²) in [4.78, 5) is 12.4. The number of methoxy groups -OCH3 is 1. The molecule has 0 spiro atoms. The average molecular weight is 252 g/mol. The zero-order valence-electron chi connectivity index (χ0n) is 12.0. The maximum atomic E-state index is 12.4. The summed E-state index contributed by atoms with van der Waals surface area (Å²) in [7, 11) is 1.67. The van der Waals surface area contributed by atoms with Crippen LogP contribution >= 0.6 is 0 Å². The van der Waals surface area contributed by atoms with Crippen molar-refractivity contribution in [2.24, 2.45) is 0 Å². The van der Waals surface area contributed by atoms with E-state index in [2.05, 4.69) is 11.4 Å². The molecule has 1 aromatic rings. The quantitative estimate of drug-likeness (QED) is 0.785. The first-order valence-electron chi connectivity index (χ1n) is 6.40. The molecular weight excluding hydrogens is 228 g/mol. The third-order valence-electron chi connectivity index (χ3n) is 3.06. The van der Waals surface area contributed by atoms with E-state index in [1.807, 2.05) is 32.3 Å². The number of nitrogens with zero attached hydrogens (tertiary/aromatic N) is 1. The van der Waals surface area contributed by atoms with Crippen molar-refractivity contribution < 1.29 is 4.74 Å². The SMILES string of the molecule is COCCNCc1c(C)cc(C)n(C(C)C)c1=O. The van der Waals surface area contributed by atoms with E-state index in [-0.39, 0.29) is 11.6 Å². The van der Waals surface area contributed by atoms with Crippen LogP contribution in [0.2, 0.25) is 0 Å². The van der Waals surface area contributed by atoms with Gasteiger partial charge in [-0.05, 0) is 39.3 Å². The molecule has 0 aliphatic carbocycles. The minimum absolute atomic E-state index is 0.118. The van der Waals surface area contributed by atoms with Gasteiger partial charge in [0.05, 0.1) is 6.61 Å². The first-order valence-corrected chi connectivity index (χ1v) is 6.40. The maximum Gasteiger partial charge on any atom is 0.255 e. The topological polar surface area (TPSA) is 43.3 Å². The minimum atomic E-state index is 0.118. The summed E-state index contributed by atoms with van der Waals surface area (Å²) in [6.07, 6.45) is 0. The molecule has 0 atom stereocenters. The van der Waals surface area contributed by atoms with Crippen LogP contribution < -0.4 is 10.9 Å². The fraction of sp³-hybridized carbons (Fsp3) is 0.643. The van der Waals surface area contributed by atoms with Gasteiger partial charge in [0, 0.05) is 37.5 Å². The van der Waals surface area contributed by atoms with Gasteiger partial charge in [-0.25, -0.2) is 0 Å². The number of hydrogen-bond donors (Lipinski definition) is 1. The third-order valence-corrected chi connectivity index (χ3v) is 3.06. The van der Waals surface area contributed by atoms with Crippen molar-refractivity contribution >= 4 is 0 Å². The lowest BCUT2D eigenvalue weighted by atomic mass is 10.1. The molecule has 0 aromatic carbocycles. The van der Waals surface area contributed by atoms with Gasteiger partial charge >= 0.3 is 0 Å². The van der Waals surface area contributed by atoms with Crippen LogP contribution in [0.1, 0.15) is 36.7 Å². The molecule has 0 radical (unpaired) electrons. The van der Waals surface area contributed by atoms with Gasteiger partial charge in [0.15, 0.2) is 0 Å². The Labute approximate surface area is 109 Å². The highest BCUT2D eigenvalue weighted by atomic mass is 16.5. The normalized spacial score (nSPS) is 11.2. The van der Waals surface area contributed by atoms with Crippen molar-refractivity contribution in [2.75, 3.05) is 20.3 Å². The highest BCUT2D eigenvalue weighted by Crippen LogP contribution is 2.10. The number of hydrogen-bond acceptors (Lipinski definition) is 3. The van der Waals surface area contributed by atoms with E-state index < -0.39 is 0 Å². The number of aromatic nitrogens is 1. The predicted molar refractivity (Wildman–Crippen MR) is 74.1 cm³/mol. The summed E-state index contributed by atoms with van der Waals surface area (Å²) >= 11 is 0. The average Bonchev–Trinajstić information content (AvgIpc) is 2.26. The van der Waals surface area contributed by atoms with E-state index in [0.29, 0.717) is 13.2 Å². The molecule has 4 heteroatoms. The number of ether oxygens (including phenoxy) is 1. The summed E-state index contributed by atoms with van der Waals surface area (Å²) in [5.74, 6) is 0. The van der Waals surface area contributed by atoms with Crippen molar-refractivity contribution in [1.82, 2.24) is 9.88 Å². The first kappa shape index (κ1) is 14.9. The third kappa shape index (κ3) is 3.43. The molecule has 0 unspecified atom stereocenters. The van der Waals surface area contributed by atoms with Gasteiger partial charge in [0.2, 0.25) is 0 Å². The van der Waals surface area contributed by atoms with Crippen molar-refractivity contribution in [3.63, 3.8) is 0 Å². The predicted octanol–water partition coefficient (Wildman–Crippen LogP) is 1.78. The van der Waals surface area contributed by atoms with Crippen LogP contribution in [0.15, 0.2) is 10.9 Å². The Bertz CT molecular complexity index is 450. The van der Waals surface area contributed by atoms with Gasteiger partial charge in [-0.3, -0.25) is 4.79 Å². The van der Waals surface area contributed by atoms with Gasteiger partial charge in [0.1, 0.15) is 0 Å². The first-order chi connectivity index (χ1) is 8.49. The van der Waals surface area contributed by atoms with Crippen LogP contribution in [0.4, 0.5) is 0 Å². The standard InChI is InChI=1S/C14H24N2O2/c1-10(2)16-12(4)8-11(3)13(14(16)17)9-15-6-7-18-5/h8,10,15H,6-7,9H2,1-5H3. The number of nitrogens with one attached hydrogen (secondary N) is 1. The molecule has 0 fully saturated rings. The number of pyridine rings is 1. The Morgan fingerprint density at radius 1 is 1.39 bits per heavy atom. The van der Waals surface area contributed by atoms with E-state index in [1.165, 1.54) is 0 Å². The Hall–Kier alpha value is -1.13. The monoisotopic (exact) mass is 252 g/mol. The number of rotatable bonds is 6. The van der Waals surface area contributed by atoms with Crippen molar-refractivity contribution in [3.05, 3.63) is 33.2 Å². The smallest absolute Gasteiger partial charge is 0.255 e. The second-order valence-electron chi connectivity index (χ2n) is 4.89. The van der Waals surface area contributed by atoms with Gasteiger partial charge in [-0.2, -0.15) is 0 Å². The van der Waals surface area contributed by atoms with E-state index in [0.717, 1.165) is 23.4 Å². The van der Waals surface area contributed by atoms with Crippen molar-refractivity contribution in [3.8, 4) is 0 Å². The fourth-order valence-corrected chi connectivity index (χ4v) is 2.19. The lowest BCUT2D eigenvalue weighted by Gasteiger charge is -2.17. The Morgan fingerprint density at radius 2 is 2.06 bits per heavy atom. The van der Waals surface area contributed by atoms with E-state index in [4.69, 9.17) is 4.74 Å². The molecular formula is C14H24N2O2. The largest absolute Gasteiger partial charge is 0.383 e. The summed E-state index contributed by atoms with van der Waals surface area (Å²) in [5, 5.41) is 3.23. The van der Waals surface area contributed by atoms with Gasteiger partial charge in [-0.15, -0.1) is 0 Å². The summed E-state index contributed by atoms with van der Waals surface area (Å²) in [6, 6.07) is 2.27. The molecule has 1 aromatic heterocycles. The van der Waals surface area contributed by atoms with Crippen LogP contribution in [-0.4, -0.2) is 24.8 Å². The summed E-state index contributed by atoms with van der Waals surface area (Å²) in [6.45, 7) is 10.1. The zero-order chi connectivity index (χ0) is 13.7. The zero-order valence-corrected chi connectivity index (χ0v) is 12.0. The summed E-state index contributed by atoms with van der Waals surface area (Å²) in [5.41, 5.74) is 3.05. The summed E-state index contributed by atoms with van der Waals surface area (Å²) < 4.78 is 6.82. The highest BCUT2D eigenvalue weighted by Gasteiger charge is 2.11. The Balaban J connectivity index is 2.97. The van der Waals surface area contributed by atoms with Gasteiger partial charge in [0.25, 0.3) is 5.56 Å². The van der Waals surface area contributed by atoms with Crippen molar-refractivity contribution in [1.29, 1.82) is 0 Å². The van der Waals surface area contributed by atoms with Crippen LogP contribution in [0.5, 0.6) is 0 Å². The Morgan fingerprint density at radius 3 is 2.61 bits per heavy atom. The lowest BCUT2D eigenvalue weighted by Crippen LogP contribution is -2.31. The molecule has 1 rings (SSSR count). The second kappa shape index (κ2) is 6.71. The molecule has 0 amide bonds. The number of aryl methyl sites for hydroxylation is 2. The molecule has 102 valence electrons. The van der Waals surface area contributed by atoms with Crippen LogP contribution in [0.3, 0.4) is 0 Å². The Kier molecular flexibility index (Phi) is 5.56. The molecule has 0 saturated heterocycles. The fourth-order valence-electron chi connectivity index (χ4n) is 2.19. The van der Waals surface area contributed by atoms with Gasteiger partial charge in [-0.1, -0.05) is 0 Å². The van der Waals surface area contributed by atoms with Crippen LogP contribution in [0.25, 0.3) is 0 Å². The van der Waals surface area contributed by atoms with E-state index in [1.54, 1.807) is 7.11 Å². The van der Waals surface area contributed by atoms with Crippen molar-refractivity contribution in [2.45, 2.75) is 40.3 Å². The van der Waals surface area contributed by atoms with Crippen LogP contribution in [-0.2, 0) is 11.3 Å². The molecule has 1 N–H and O–H groups in total. The lowest BCUT2D eigenvalue weighted by molar-refractivity contribution is 0.199. The van der Waals surface area contributed by atoms with E-state index >= 15 is 0 Å². The van der Waals surface area contributed by atoms with Crippen LogP contribution in [0, 0.1) is 13.8 Å². The minimum Gasteiger partial charge on any atom is -0.383 e. The highest BCUT2D eigenvalue weighted by molar-refractivity contribution is 5.26. The molecule has 4 nitrogen and oxygen atoms in total. The molecule has 1 heterocycles. The molecule has 0 saturated carbocycles. The molecule has 0 bridgehead atoms. The second-order valence-corrected chi connectivity index (χ2v) is 4.89. The molecule has 0 aliphatic heterocycles. The van der Waals surface area contributed by atoms with E-state index in [9.17, 15) is 4.79 Å². The van der Waals surface area contributed by atoms with Gasteiger partial charge < -0.3 is 14.6 Å². The molecule has 18 heavy (non-hydrogen) atoms.